The van der Waals surface area contributed by atoms with Crippen LogP contribution in [0.15, 0.2) is 12.2 Å². The van der Waals surface area contributed by atoms with Crippen molar-refractivity contribution in [2.75, 3.05) is 0 Å². The van der Waals surface area contributed by atoms with Crippen molar-refractivity contribution in [2.45, 2.75) is 26.7 Å². The van der Waals surface area contributed by atoms with Gasteiger partial charge in [0, 0.05) is 0 Å². The molecule has 0 aliphatic rings. The van der Waals surface area contributed by atoms with Gasteiger partial charge in [-0.1, -0.05) is 19.9 Å². The number of allylic oxidation sites excluding steroid dienone is 1. The third-order valence-corrected chi connectivity index (χ3v) is 1.19. The number of hydrogen-bond acceptors (Lipinski definition) is 1. The molecule has 0 heterocycles. The number of carbonyl (C=O) groups is 1. The summed E-state index contributed by atoms with van der Waals surface area (Å²) in [6.07, 6.45) is 5.30. The third-order valence-electron chi connectivity index (χ3n) is 1.19. The highest BCUT2D eigenvalue weighted by atomic mass is 16.1. The maximum absolute atomic E-state index is 10.2. The highest BCUT2D eigenvalue weighted by Gasteiger charge is 1.89. The van der Waals surface area contributed by atoms with Crippen LogP contribution >= 0.6 is 0 Å². The van der Waals surface area contributed by atoms with Crippen molar-refractivity contribution in [1.29, 1.82) is 0 Å². The van der Waals surface area contributed by atoms with Crippen LogP contribution in [-0.2, 0) is 4.79 Å². The molecule has 0 spiro atoms. The normalized spacial score (nSPS) is 11.1. The second-order valence-electron chi connectivity index (χ2n) is 2.78. The summed E-state index contributed by atoms with van der Waals surface area (Å²) in [6.45, 7) is 4.30. The lowest BCUT2D eigenvalue weighted by Crippen LogP contribution is -2.05. The van der Waals surface area contributed by atoms with E-state index in [1.165, 1.54) is 6.08 Å². The molecule has 0 atom stereocenters. The standard InChI is InChI=1S/C8H15NO/c1-7(2)5-3-4-6-8(9)10/h4,6-7H,3,5H2,1-2H3,(H2,9,10)/b6-4+. The van der Waals surface area contributed by atoms with E-state index in [1.807, 2.05) is 6.08 Å². The van der Waals surface area contributed by atoms with Crippen molar-refractivity contribution in [2.24, 2.45) is 11.7 Å². The molecule has 0 saturated carbocycles. The highest BCUT2D eigenvalue weighted by Crippen LogP contribution is 2.03. The Kier molecular flexibility index (Phi) is 4.63. The lowest BCUT2D eigenvalue weighted by molar-refractivity contribution is -0.113. The van der Waals surface area contributed by atoms with Gasteiger partial charge in [0.25, 0.3) is 0 Å². The Balaban J connectivity index is 3.27. The first-order valence-electron chi connectivity index (χ1n) is 3.59. The fourth-order valence-corrected chi connectivity index (χ4v) is 0.629. The van der Waals surface area contributed by atoms with Crippen LogP contribution in [0.3, 0.4) is 0 Å². The molecule has 0 saturated heterocycles. The number of hydrogen-bond donors (Lipinski definition) is 1. The molecule has 0 unspecified atom stereocenters. The number of primary amides is 1. The maximum atomic E-state index is 10.2. The maximum Gasteiger partial charge on any atom is 0.241 e. The number of amides is 1. The lowest BCUT2D eigenvalue weighted by atomic mass is 10.1. The van der Waals surface area contributed by atoms with E-state index in [0.717, 1.165) is 12.8 Å². The summed E-state index contributed by atoms with van der Waals surface area (Å²) >= 11 is 0. The van der Waals surface area contributed by atoms with E-state index in [9.17, 15) is 4.79 Å². The van der Waals surface area contributed by atoms with E-state index in [-0.39, 0.29) is 5.91 Å². The molecule has 0 aliphatic heterocycles. The largest absolute Gasteiger partial charge is 0.366 e. The average molecular weight is 141 g/mol. The molecule has 0 aromatic carbocycles. The van der Waals surface area contributed by atoms with Gasteiger partial charge in [-0.05, 0) is 24.8 Å². The fourth-order valence-electron chi connectivity index (χ4n) is 0.629. The Morgan fingerprint density at radius 3 is 2.60 bits per heavy atom. The van der Waals surface area contributed by atoms with Crippen molar-refractivity contribution in [3.63, 3.8) is 0 Å². The topological polar surface area (TPSA) is 43.1 Å². The van der Waals surface area contributed by atoms with Crippen LogP contribution in [0, 0.1) is 5.92 Å². The Morgan fingerprint density at radius 2 is 2.20 bits per heavy atom. The molecule has 0 rings (SSSR count). The molecule has 2 N–H and O–H groups in total. The number of rotatable bonds is 4. The van der Waals surface area contributed by atoms with Crippen LogP contribution in [0.1, 0.15) is 26.7 Å². The van der Waals surface area contributed by atoms with Gasteiger partial charge in [-0.3, -0.25) is 4.79 Å². The van der Waals surface area contributed by atoms with E-state index in [4.69, 9.17) is 5.73 Å². The van der Waals surface area contributed by atoms with E-state index in [1.54, 1.807) is 0 Å². The average Bonchev–Trinajstić information content (AvgIpc) is 1.79. The van der Waals surface area contributed by atoms with Gasteiger partial charge in [0.1, 0.15) is 0 Å². The second kappa shape index (κ2) is 5.03. The van der Waals surface area contributed by atoms with Crippen LogP contribution in [-0.4, -0.2) is 5.91 Å². The molecule has 58 valence electrons. The molecule has 0 radical (unpaired) electrons. The van der Waals surface area contributed by atoms with Gasteiger partial charge in [0.05, 0.1) is 0 Å². The summed E-state index contributed by atoms with van der Waals surface area (Å²) < 4.78 is 0. The van der Waals surface area contributed by atoms with Crippen LogP contribution in [0.2, 0.25) is 0 Å². The number of carbonyl (C=O) groups excluding carboxylic acids is 1. The van der Waals surface area contributed by atoms with Crippen molar-refractivity contribution in [1.82, 2.24) is 0 Å². The van der Waals surface area contributed by atoms with Crippen molar-refractivity contribution in [3.8, 4) is 0 Å². The predicted octanol–water partition coefficient (Wildman–Crippen LogP) is 1.46. The molecule has 10 heavy (non-hydrogen) atoms. The minimum absolute atomic E-state index is 0.358. The Bertz CT molecular complexity index is 127. The van der Waals surface area contributed by atoms with E-state index < -0.39 is 0 Å². The van der Waals surface area contributed by atoms with Gasteiger partial charge in [-0.15, -0.1) is 0 Å². The Morgan fingerprint density at radius 1 is 1.60 bits per heavy atom. The number of nitrogens with two attached hydrogens (primary N) is 1. The fraction of sp³-hybridized carbons (Fsp3) is 0.625. The highest BCUT2D eigenvalue weighted by molar-refractivity contribution is 5.85. The van der Waals surface area contributed by atoms with Gasteiger partial charge >= 0.3 is 0 Å². The van der Waals surface area contributed by atoms with Crippen LogP contribution in [0.4, 0.5) is 0 Å². The van der Waals surface area contributed by atoms with Crippen molar-refractivity contribution < 1.29 is 4.79 Å². The zero-order valence-electron chi connectivity index (χ0n) is 6.63. The lowest BCUT2D eigenvalue weighted by Gasteiger charge is -1.97. The zero-order chi connectivity index (χ0) is 7.98. The Hall–Kier alpha value is -0.790. The molecule has 0 aliphatic carbocycles. The quantitative estimate of drug-likeness (QED) is 0.592. The molecular formula is C8H15NO. The Labute approximate surface area is 62.1 Å². The summed E-state index contributed by atoms with van der Waals surface area (Å²) in [4.78, 5) is 10.2. The van der Waals surface area contributed by atoms with Crippen molar-refractivity contribution >= 4 is 5.91 Å². The summed E-state index contributed by atoms with van der Waals surface area (Å²) in [7, 11) is 0. The first kappa shape index (κ1) is 9.21. The van der Waals surface area contributed by atoms with E-state index >= 15 is 0 Å². The summed E-state index contributed by atoms with van der Waals surface area (Å²) in [5.41, 5.74) is 4.88. The summed E-state index contributed by atoms with van der Waals surface area (Å²) in [5.74, 6) is 0.335. The molecule has 0 fully saturated rings. The molecule has 0 aromatic rings. The van der Waals surface area contributed by atoms with Crippen LogP contribution < -0.4 is 5.73 Å². The van der Waals surface area contributed by atoms with Gasteiger partial charge in [0.2, 0.25) is 5.91 Å². The van der Waals surface area contributed by atoms with E-state index in [0.29, 0.717) is 5.92 Å². The van der Waals surface area contributed by atoms with E-state index in [2.05, 4.69) is 13.8 Å². The van der Waals surface area contributed by atoms with Crippen LogP contribution in [0.25, 0.3) is 0 Å². The van der Waals surface area contributed by atoms with Crippen LogP contribution in [0.5, 0.6) is 0 Å². The second-order valence-corrected chi connectivity index (χ2v) is 2.78. The summed E-state index contributed by atoms with van der Waals surface area (Å²) in [5, 5.41) is 0. The van der Waals surface area contributed by atoms with Gasteiger partial charge in [0.15, 0.2) is 0 Å². The molecular weight excluding hydrogens is 126 g/mol. The molecule has 2 nitrogen and oxygen atoms in total. The zero-order valence-corrected chi connectivity index (χ0v) is 6.63. The van der Waals surface area contributed by atoms with Gasteiger partial charge in [-0.2, -0.15) is 0 Å². The molecule has 2 heteroatoms. The van der Waals surface area contributed by atoms with Gasteiger partial charge in [-0.25, -0.2) is 0 Å². The molecule has 0 aromatic heterocycles. The van der Waals surface area contributed by atoms with Gasteiger partial charge < -0.3 is 5.73 Å². The monoisotopic (exact) mass is 141 g/mol. The minimum atomic E-state index is -0.358. The minimum Gasteiger partial charge on any atom is -0.366 e. The smallest absolute Gasteiger partial charge is 0.241 e. The SMILES string of the molecule is CC(C)CC/C=C/C(N)=O. The third kappa shape index (κ3) is 7.21. The molecule has 1 amide bonds. The van der Waals surface area contributed by atoms with Crippen molar-refractivity contribution in [3.05, 3.63) is 12.2 Å². The summed E-state index contributed by atoms with van der Waals surface area (Å²) in [6, 6.07) is 0. The predicted molar refractivity (Wildman–Crippen MR) is 42.4 cm³/mol. The first-order chi connectivity index (χ1) is 4.63. The first-order valence-corrected chi connectivity index (χ1v) is 3.59. The molecule has 0 bridgehead atoms.